The van der Waals surface area contributed by atoms with Gasteiger partial charge < -0.3 is 9.67 Å². The number of Topliss-reactive ketones (excluding diaryl/α,β-unsaturated/α-hetero) is 1. The zero-order valence-corrected chi connectivity index (χ0v) is 11.7. The molecule has 0 radical (unpaired) electrons. The van der Waals surface area contributed by atoms with Crippen LogP contribution in [0.2, 0.25) is 0 Å². The van der Waals surface area contributed by atoms with Gasteiger partial charge in [-0.25, -0.2) is 4.98 Å². The van der Waals surface area contributed by atoms with E-state index in [2.05, 4.69) is 4.98 Å². The number of hydrogen-bond acceptors (Lipinski definition) is 3. The molecule has 2 aromatic rings. The first kappa shape index (κ1) is 15.0. The van der Waals surface area contributed by atoms with Gasteiger partial charge in [0.2, 0.25) is 0 Å². The molecule has 110 valence electrons. The summed E-state index contributed by atoms with van der Waals surface area (Å²) in [5, 5.41) is 8.57. The Morgan fingerprint density at radius 2 is 1.90 bits per heavy atom. The Balaban J connectivity index is 1.81. The molecular formula is C16H18N2O3. The van der Waals surface area contributed by atoms with E-state index >= 15 is 0 Å². The normalized spacial score (nSPS) is 10.5. The second-order valence-corrected chi connectivity index (χ2v) is 4.92. The van der Waals surface area contributed by atoms with Gasteiger partial charge in [-0.1, -0.05) is 24.3 Å². The van der Waals surface area contributed by atoms with Crippen molar-refractivity contribution < 1.29 is 14.7 Å². The standard InChI is InChI=1S/C16H18N2O3/c19-15(7-8-16(20)21)14-5-3-13(4-6-14)2-1-10-18-11-9-17-12-18/h3-6,9,11-12H,1-2,7-8,10H2,(H,20,21). The van der Waals surface area contributed by atoms with Gasteiger partial charge in [-0.2, -0.15) is 0 Å². The number of nitrogens with zero attached hydrogens (tertiary/aromatic N) is 2. The van der Waals surface area contributed by atoms with Crippen LogP contribution < -0.4 is 0 Å². The van der Waals surface area contributed by atoms with Gasteiger partial charge in [0.1, 0.15) is 0 Å². The molecule has 1 aromatic carbocycles. The largest absolute Gasteiger partial charge is 0.481 e. The van der Waals surface area contributed by atoms with E-state index < -0.39 is 5.97 Å². The lowest BCUT2D eigenvalue weighted by molar-refractivity contribution is -0.136. The molecular weight excluding hydrogens is 268 g/mol. The third-order valence-electron chi connectivity index (χ3n) is 3.28. The summed E-state index contributed by atoms with van der Waals surface area (Å²) in [6, 6.07) is 7.41. The lowest BCUT2D eigenvalue weighted by Gasteiger charge is -2.04. The minimum atomic E-state index is -0.945. The molecule has 0 atom stereocenters. The first-order chi connectivity index (χ1) is 10.1. The van der Waals surface area contributed by atoms with Gasteiger partial charge in [0, 0.05) is 30.9 Å². The van der Waals surface area contributed by atoms with E-state index in [0.717, 1.165) is 19.4 Å². The molecule has 0 amide bonds. The van der Waals surface area contributed by atoms with Gasteiger partial charge >= 0.3 is 5.97 Å². The Kier molecular flexibility index (Phi) is 5.26. The quantitative estimate of drug-likeness (QED) is 0.757. The average Bonchev–Trinajstić information content (AvgIpc) is 2.99. The lowest BCUT2D eigenvalue weighted by Crippen LogP contribution is -2.04. The number of carbonyl (C=O) groups is 2. The van der Waals surface area contributed by atoms with Crippen LogP contribution in [0.4, 0.5) is 0 Å². The smallest absolute Gasteiger partial charge is 0.303 e. The maximum absolute atomic E-state index is 11.8. The number of carboxylic acids is 1. The van der Waals surface area contributed by atoms with Crippen LogP contribution in [0.1, 0.15) is 35.2 Å². The van der Waals surface area contributed by atoms with Crippen molar-refractivity contribution >= 4 is 11.8 Å². The van der Waals surface area contributed by atoms with E-state index in [1.54, 1.807) is 24.7 Å². The molecule has 5 nitrogen and oxygen atoms in total. The topological polar surface area (TPSA) is 72.2 Å². The van der Waals surface area contributed by atoms with Gasteiger partial charge in [-0.3, -0.25) is 9.59 Å². The van der Waals surface area contributed by atoms with E-state index in [-0.39, 0.29) is 18.6 Å². The summed E-state index contributed by atoms with van der Waals surface area (Å²) in [4.78, 5) is 26.2. The molecule has 1 aromatic heterocycles. The van der Waals surface area contributed by atoms with Crippen molar-refractivity contribution in [3.8, 4) is 0 Å². The van der Waals surface area contributed by atoms with Crippen LogP contribution in [-0.4, -0.2) is 26.4 Å². The molecule has 2 rings (SSSR count). The molecule has 1 N–H and O–H groups in total. The third-order valence-corrected chi connectivity index (χ3v) is 3.28. The van der Waals surface area contributed by atoms with Crippen LogP contribution in [0, 0.1) is 0 Å². The zero-order valence-electron chi connectivity index (χ0n) is 11.7. The van der Waals surface area contributed by atoms with Gasteiger partial charge in [0.25, 0.3) is 0 Å². The number of rotatable bonds is 8. The number of benzene rings is 1. The van der Waals surface area contributed by atoms with Crippen molar-refractivity contribution in [2.75, 3.05) is 0 Å². The van der Waals surface area contributed by atoms with Crippen molar-refractivity contribution in [3.05, 3.63) is 54.1 Å². The summed E-state index contributed by atoms with van der Waals surface area (Å²) < 4.78 is 2.03. The highest BCUT2D eigenvalue weighted by molar-refractivity contribution is 5.97. The van der Waals surface area contributed by atoms with Crippen LogP contribution in [0.15, 0.2) is 43.0 Å². The Morgan fingerprint density at radius 1 is 1.14 bits per heavy atom. The highest BCUT2D eigenvalue weighted by Gasteiger charge is 2.08. The predicted molar refractivity (Wildman–Crippen MR) is 78.2 cm³/mol. The molecule has 0 spiro atoms. The van der Waals surface area contributed by atoms with Crippen LogP contribution in [0.3, 0.4) is 0 Å². The van der Waals surface area contributed by atoms with Crippen molar-refractivity contribution in [3.63, 3.8) is 0 Å². The molecule has 0 saturated carbocycles. The van der Waals surface area contributed by atoms with Crippen LogP contribution in [0.5, 0.6) is 0 Å². The fourth-order valence-electron chi connectivity index (χ4n) is 2.11. The Morgan fingerprint density at radius 3 is 2.52 bits per heavy atom. The van der Waals surface area contributed by atoms with Gasteiger partial charge in [0.15, 0.2) is 5.78 Å². The number of hydrogen-bond donors (Lipinski definition) is 1. The van der Waals surface area contributed by atoms with Crippen molar-refractivity contribution in [1.29, 1.82) is 0 Å². The second-order valence-electron chi connectivity index (χ2n) is 4.92. The molecule has 1 heterocycles. The monoisotopic (exact) mass is 286 g/mol. The highest BCUT2D eigenvalue weighted by atomic mass is 16.4. The predicted octanol–water partition coefficient (Wildman–Crippen LogP) is 2.56. The molecule has 21 heavy (non-hydrogen) atoms. The highest BCUT2D eigenvalue weighted by Crippen LogP contribution is 2.10. The van der Waals surface area contributed by atoms with E-state index in [0.29, 0.717) is 5.56 Å². The molecule has 0 aliphatic carbocycles. The van der Waals surface area contributed by atoms with Gasteiger partial charge in [0.05, 0.1) is 12.7 Å². The van der Waals surface area contributed by atoms with Crippen molar-refractivity contribution in [2.24, 2.45) is 0 Å². The number of carbonyl (C=O) groups excluding carboxylic acids is 1. The summed E-state index contributed by atoms with van der Waals surface area (Å²) in [5.74, 6) is -1.07. The number of imidazole rings is 1. The van der Waals surface area contributed by atoms with E-state index in [1.807, 2.05) is 22.9 Å². The van der Waals surface area contributed by atoms with Crippen molar-refractivity contribution in [1.82, 2.24) is 9.55 Å². The van der Waals surface area contributed by atoms with E-state index in [9.17, 15) is 9.59 Å². The summed E-state index contributed by atoms with van der Waals surface area (Å²) in [5.41, 5.74) is 1.75. The SMILES string of the molecule is O=C(O)CCC(=O)c1ccc(CCCn2ccnc2)cc1. The number of aryl methyl sites for hydroxylation is 2. The molecule has 0 saturated heterocycles. The van der Waals surface area contributed by atoms with Crippen LogP contribution >= 0.6 is 0 Å². The maximum atomic E-state index is 11.8. The molecule has 5 heteroatoms. The molecule has 0 fully saturated rings. The zero-order chi connectivity index (χ0) is 15.1. The summed E-state index contributed by atoms with van der Waals surface area (Å²) in [6.45, 7) is 0.916. The number of carboxylic acid groups (broad SMARTS) is 1. The first-order valence-electron chi connectivity index (χ1n) is 6.95. The lowest BCUT2D eigenvalue weighted by atomic mass is 10.0. The molecule has 0 bridgehead atoms. The van der Waals surface area contributed by atoms with Gasteiger partial charge in [-0.15, -0.1) is 0 Å². The summed E-state index contributed by atoms with van der Waals surface area (Å²) in [6.07, 6.45) is 7.36. The minimum Gasteiger partial charge on any atom is -0.481 e. The Bertz CT molecular complexity index is 588. The fourth-order valence-corrected chi connectivity index (χ4v) is 2.11. The maximum Gasteiger partial charge on any atom is 0.303 e. The molecule has 0 aliphatic rings. The third kappa shape index (κ3) is 4.87. The fraction of sp³-hybridized carbons (Fsp3) is 0.312. The van der Waals surface area contributed by atoms with E-state index in [4.69, 9.17) is 5.11 Å². The first-order valence-corrected chi connectivity index (χ1v) is 6.95. The number of ketones is 1. The summed E-state index contributed by atoms with van der Waals surface area (Å²) >= 11 is 0. The second kappa shape index (κ2) is 7.38. The van der Waals surface area contributed by atoms with Crippen LogP contribution in [-0.2, 0) is 17.8 Å². The number of aliphatic carboxylic acids is 1. The van der Waals surface area contributed by atoms with Gasteiger partial charge in [-0.05, 0) is 18.4 Å². The van der Waals surface area contributed by atoms with Crippen molar-refractivity contribution in [2.45, 2.75) is 32.2 Å². The van der Waals surface area contributed by atoms with Crippen LogP contribution in [0.25, 0.3) is 0 Å². The molecule has 0 aliphatic heterocycles. The van der Waals surface area contributed by atoms with E-state index in [1.165, 1.54) is 5.56 Å². The molecule has 0 unspecified atom stereocenters. The summed E-state index contributed by atoms with van der Waals surface area (Å²) in [7, 11) is 0. The Labute approximate surface area is 123 Å². The Hall–Kier alpha value is -2.43. The minimum absolute atomic E-state index is 0.0509. The average molecular weight is 286 g/mol. The number of aromatic nitrogens is 2.